The summed E-state index contributed by atoms with van der Waals surface area (Å²) in [6.45, 7) is 6.49. The fourth-order valence-corrected chi connectivity index (χ4v) is 2.91. The lowest BCUT2D eigenvalue weighted by molar-refractivity contribution is -0.673. The third-order valence-electron chi connectivity index (χ3n) is 4.11. The van der Waals surface area contributed by atoms with Crippen molar-refractivity contribution in [3.05, 3.63) is 53.9 Å². The lowest BCUT2D eigenvalue weighted by Crippen LogP contribution is -2.33. The highest BCUT2D eigenvalue weighted by Gasteiger charge is 2.14. The maximum absolute atomic E-state index is 12.2. The van der Waals surface area contributed by atoms with E-state index in [4.69, 9.17) is 0 Å². The van der Waals surface area contributed by atoms with Crippen LogP contribution in [0.4, 0.5) is 16.2 Å². The number of anilines is 2. The molecule has 3 N–H and O–H groups in total. The number of hydrogen-bond donors (Lipinski definition) is 3. The van der Waals surface area contributed by atoms with E-state index < -0.39 is 0 Å². The Labute approximate surface area is 145 Å². The number of benzene rings is 2. The van der Waals surface area contributed by atoms with Crippen molar-refractivity contribution >= 4 is 34.2 Å². The van der Waals surface area contributed by atoms with Crippen LogP contribution in [-0.2, 0) is 6.54 Å². The summed E-state index contributed by atoms with van der Waals surface area (Å²) in [5, 5.41) is 5.56. The number of nitrogens with zero attached hydrogens (tertiary/aromatic N) is 1. The molecule has 0 aliphatic heterocycles. The summed E-state index contributed by atoms with van der Waals surface area (Å²) < 4.78 is 2.17. The van der Waals surface area contributed by atoms with Gasteiger partial charge in [-0.3, -0.25) is 4.79 Å². The van der Waals surface area contributed by atoms with E-state index in [1.807, 2.05) is 25.1 Å². The normalized spacial score (nSPS) is 10.7. The molecule has 6 nitrogen and oxygen atoms in total. The Hall–Kier alpha value is -3.15. The average molecular weight is 337 g/mol. The molecule has 0 unspecified atom stereocenters. The molecule has 128 valence electrons. The Bertz CT molecular complexity index is 959. The molecule has 3 aromatic rings. The van der Waals surface area contributed by atoms with Gasteiger partial charge in [0, 0.05) is 29.9 Å². The van der Waals surface area contributed by atoms with Crippen molar-refractivity contribution in [3.63, 3.8) is 0 Å². The molecule has 0 spiro atoms. The molecule has 25 heavy (non-hydrogen) atoms. The van der Waals surface area contributed by atoms with Crippen LogP contribution in [-0.4, -0.2) is 16.8 Å². The number of carbonyl (C=O) groups is 2. The number of H-pyrrole nitrogens is 1. The second-order valence-electron chi connectivity index (χ2n) is 5.90. The standard InChI is InChI=1S/C19H20N4O2/c1-4-23-13(3)20-17-11-16(8-9-18(17)23)22-19(25)21-15-7-5-6-14(10-15)12(2)24/h5-11H,4H2,1-3H3,(H2,21,22,25)/p+1. The van der Waals surface area contributed by atoms with E-state index in [9.17, 15) is 9.59 Å². The van der Waals surface area contributed by atoms with Gasteiger partial charge in [-0.15, -0.1) is 0 Å². The van der Waals surface area contributed by atoms with Crippen LogP contribution in [0.3, 0.4) is 0 Å². The number of nitrogens with one attached hydrogen (secondary N) is 3. The number of rotatable bonds is 4. The molecule has 1 aromatic heterocycles. The SMILES string of the molecule is CC[n+]1c(C)[nH]c2cc(NC(=O)Nc3cccc(C(C)=O)c3)ccc21. The zero-order valence-electron chi connectivity index (χ0n) is 14.5. The van der Waals surface area contributed by atoms with Gasteiger partial charge in [0.25, 0.3) is 5.82 Å². The monoisotopic (exact) mass is 337 g/mol. The first-order chi connectivity index (χ1) is 12.0. The van der Waals surface area contributed by atoms with Gasteiger partial charge in [0.2, 0.25) is 0 Å². The number of aromatic amines is 1. The van der Waals surface area contributed by atoms with Crippen LogP contribution in [0.25, 0.3) is 11.0 Å². The quantitative estimate of drug-likeness (QED) is 0.502. The van der Waals surface area contributed by atoms with Gasteiger partial charge in [-0.25, -0.2) is 14.3 Å². The minimum absolute atomic E-state index is 0.0409. The van der Waals surface area contributed by atoms with Gasteiger partial charge in [-0.05, 0) is 38.1 Å². The van der Waals surface area contributed by atoms with Crippen LogP contribution in [0.15, 0.2) is 42.5 Å². The predicted molar refractivity (Wildman–Crippen MR) is 98.0 cm³/mol. The fourth-order valence-electron chi connectivity index (χ4n) is 2.91. The second-order valence-corrected chi connectivity index (χ2v) is 5.90. The minimum Gasteiger partial charge on any atom is -0.308 e. The second kappa shape index (κ2) is 6.76. The molecule has 0 saturated heterocycles. The maximum atomic E-state index is 12.2. The average Bonchev–Trinajstić information content (AvgIpc) is 2.89. The van der Waals surface area contributed by atoms with Crippen molar-refractivity contribution in [2.75, 3.05) is 10.6 Å². The highest BCUT2D eigenvalue weighted by molar-refractivity contribution is 6.02. The number of imidazole rings is 1. The van der Waals surface area contributed by atoms with Crippen molar-refractivity contribution in [2.45, 2.75) is 27.3 Å². The van der Waals surface area contributed by atoms with Crippen LogP contribution in [0, 0.1) is 6.92 Å². The van der Waals surface area contributed by atoms with Gasteiger partial charge >= 0.3 is 6.03 Å². The van der Waals surface area contributed by atoms with Crippen LogP contribution < -0.4 is 15.2 Å². The first-order valence-electron chi connectivity index (χ1n) is 8.19. The van der Waals surface area contributed by atoms with E-state index in [-0.39, 0.29) is 11.8 Å². The van der Waals surface area contributed by atoms with Crippen molar-refractivity contribution in [3.8, 4) is 0 Å². The van der Waals surface area contributed by atoms with Crippen LogP contribution in [0.1, 0.15) is 30.0 Å². The molecule has 0 saturated carbocycles. The molecule has 2 aromatic carbocycles. The van der Waals surface area contributed by atoms with Gasteiger partial charge < -0.3 is 10.6 Å². The summed E-state index contributed by atoms with van der Waals surface area (Å²) in [7, 11) is 0. The zero-order chi connectivity index (χ0) is 18.0. The molecular weight excluding hydrogens is 316 g/mol. The molecule has 1 heterocycles. The van der Waals surface area contributed by atoms with Crippen molar-refractivity contribution in [2.24, 2.45) is 0 Å². The molecule has 0 bridgehead atoms. The summed E-state index contributed by atoms with van der Waals surface area (Å²) in [6, 6.07) is 12.3. The van der Waals surface area contributed by atoms with Crippen LogP contribution >= 0.6 is 0 Å². The van der Waals surface area contributed by atoms with E-state index in [1.54, 1.807) is 24.3 Å². The van der Waals surface area contributed by atoms with Crippen LogP contribution in [0.2, 0.25) is 0 Å². The first-order valence-corrected chi connectivity index (χ1v) is 8.19. The van der Waals surface area contributed by atoms with E-state index in [0.29, 0.717) is 16.9 Å². The number of fused-ring (bicyclic) bond motifs is 1. The maximum Gasteiger partial charge on any atom is 0.323 e. The van der Waals surface area contributed by atoms with E-state index in [1.165, 1.54) is 6.92 Å². The van der Waals surface area contributed by atoms with Crippen molar-refractivity contribution in [1.82, 2.24) is 4.98 Å². The molecule has 3 rings (SSSR count). The summed E-state index contributed by atoms with van der Waals surface area (Å²) in [5.74, 6) is 1.03. The lowest BCUT2D eigenvalue weighted by atomic mass is 10.1. The number of urea groups is 1. The van der Waals surface area contributed by atoms with Crippen LogP contribution in [0.5, 0.6) is 0 Å². The molecule has 0 aliphatic carbocycles. The van der Waals surface area contributed by atoms with Gasteiger partial charge in [0.1, 0.15) is 0 Å². The van der Waals surface area contributed by atoms with E-state index in [2.05, 4.69) is 27.1 Å². The Morgan fingerprint density at radius 1 is 1.08 bits per heavy atom. The molecule has 6 heteroatoms. The minimum atomic E-state index is -0.355. The van der Waals surface area contributed by atoms with E-state index >= 15 is 0 Å². The Morgan fingerprint density at radius 2 is 1.80 bits per heavy atom. The topological polar surface area (TPSA) is 77.9 Å². The Morgan fingerprint density at radius 3 is 2.48 bits per heavy atom. The largest absolute Gasteiger partial charge is 0.323 e. The smallest absolute Gasteiger partial charge is 0.308 e. The molecular formula is C19H21N4O2+. The highest BCUT2D eigenvalue weighted by Crippen LogP contribution is 2.17. The number of Topliss-reactive ketones (excluding diaryl/α,β-unsaturated/α-hetero) is 1. The predicted octanol–water partition coefficient (Wildman–Crippen LogP) is 3.63. The number of amides is 2. The lowest BCUT2D eigenvalue weighted by Gasteiger charge is -2.08. The van der Waals surface area contributed by atoms with Crippen molar-refractivity contribution in [1.29, 1.82) is 0 Å². The van der Waals surface area contributed by atoms with E-state index in [0.717, 1.165) is 23.4 Å². The number of hydrogen-bond acceptors (Lipinski definition) is 2. The van der Waals surface area contributed by atoms with Gasteiger partial charge in [-0.1, -0.05) is 12.1 Å². The first kappa shape index (κ1) is 16.7. The molecule has 0 fully saturated rings. The zero-order valence-corrected chi connectivity index (χ0v) is 14.5. The van der Waals surface area contributed by atoms with Gasteiger partial charge in [0.15, 0.2) is 16.8 Å². The number of aromatic nitrogens is 2. The number of aryl methyl sites for hydroxylation is 2. The molecule has 0 aliphatic rings. The Kier molecular flexibility index (Phi) is 4.52. The Balaban J connectivity index is 1.76. The number of ketones is 1. The fraction of sp³-hybridized carbons (Fsp3) is 0.211. The molecule has 0 radical (unpaired) electrons. The number of carbonyl (C=O) groups excluding carboxylic acids is 2. The van der Waals surface area contributed by atoms with Gasteiger partial charge in [0.05, 0.1) is 6.54 Å². The summed E-state index contributed by atoms with van der Waals surface area (Å²) in [5.41, 5.74) is 3.89. The van der Waals surface area contributed by atoms with Crippen molar-refractivity contribution < 1.29 is 14.2 Å². The molecule has 2 amide bonds. The third kappa shape index (κ3) is 3.52. The third-order valence-corrected chi connectivity index (χ3v) is 4.11. The summed E-state index contributed by atoms with van der Waals surface area (Å²) in [4.78, 5) is 26.9. The van der Waals surface area contributed by atoms with Gasteiger partial charge in [-0.2, -0.15) is 0 Å². The molecule has 0 atom stereocenters. The highest BCUT2D eigenvalue weighted by atomic mass is 16.2. The summed E-state index contributed by atoms with van der Waals surface area (Å²) in [6.07, 6.45) is 0. The summed E-state index contributed by atoms with van der Waals surface area (Å²) >= 11 is 0.